The number of carbonyl (C=O) groups is 2. The lowest BCUT2D eigenvalue weighted by Gasteiger charge is -2.40. The second kappa shape index (κ2) is 12.9. The van der Waals surface area contributed by atoms with Crippen LogP contribution < -0.4 is 25.6 Å². The number of benzene rings is 2. The van der Waals surface area contributed by atoms with Gasteiger partial charge in [-0.15, -0.1) is 0 Å². The van der Waals surface area contributed by atoms with Gasteiger partial charge in [0, 0.05) is 41.0 Å². The fourth-order valence-corrected chi connectivity index (χ4v) is 7.35. The van der Waals surface area contributed by atoms with Crippen molar-refractivity contribution in [1.82, 2.24) is 20.9 Å². The summed E-state index contributed by atoms with van der Waals surface area (Å²) in [5, 5.41) is 9.54. The SMILES string of the molecule is COc1cccc(C(=O)N[C@H]2C[C@H]3CC[C@@H](C2)N3c2ccc(C(=O)NC(C)c3ccc(C4CCNCC4)cc3F)cn2)c1C. The minimum atomic E-state index is -0.477. The van der Waals surface area contributed by atoms with Gasteiger partial charge in [0.05, 0.1) is 18.7 Å². The van der Waals surface area contributed by atoms with E-state index in [2.05, 4.69) is 25.8 Å². The molecule has 9 heteroatoms. The number of hydrogen-bond acceptors (Lipinski definition) is 6. The molecule has 3 saturated heterocycles. The van der Waals surface area contributed by atoms with Gasteiger partial charge in [-0.2, -0.15) is 0 Å². The molecule has 2 aromatic carbocycles. The van der Waals surface area contributed by atoms with Crippen molar-refractivity contribution in [2.45, 2.75) is 82.5 Å². The standard InChI is InChI=1S/C35H42FN5O3/c1-21-29(5-4-6-32(21)44-3)35(43)40-26-18-27-9-10-28(19-26)41(27)33-12-8-25(20-38-33)34(42)39-22(2)30-11-7-24(17-31(30)36)23-13-15-37-16-14-23/h4-8,11-12,17,20,22-23,26-28,37H,9-10,13-16,18-19H2,1-3H3,(H,39,42)(H,40,43)/t22?,26-,27+,28-. The highest BCUT2D eigenvalue weighted by Crippen LogP contribution is 2.39. The van der Waals surface area contributed by atoms with E-state index in [1.165, 1.54) is 0 Å². The summed E-state index contributed by atoms with van der Waals surface area (Å²) in [4.78, 5) is 33.2. The van der Waals surface area contributed by atoms with Crippen LogP contribution in [0.25, 0.3) is 0 Å². The average Bonchev–Trinajstić information content (AvgIpc) is 3.31. The van der Waals surface area contributed by atoms with Crippen molar-refractivity contribution < 1.29 is 18.7 Å². The van der Waals surface area contributed by atoms with Gasteiger partial charge in [-0.25, -0.2) is 9.37 Å². The Hall–Kier alpha value is -3.98. The van der Waals surface area contributed by atoms with Gasteiger partial charge >= 0.3 is 0 Å². The van der Waals surface area contributed by atoms with Crippen LogP contribution in [0.4, 0.5) is 10.2 Å². The largest absolute Gasteiger partial charge is 0.496 e. The quantitative estimate of drug-likeness (QED) is 0.320. The summed E-state index contributed by atoms with van der Waals surface area (Å²) in [6.45, 7) is 5.62. The zero-order valence-corrected chi connectivity index (χ0v) is 25.7. The fraction of sp³-hybridized carbons (Fsp3) is 0.457. The Bertz CT molecular complexity index is 1490. The molecule has 4 heterocycles. The summed E-state index contributed by atoms with van der Waals surface area (Å²) in [6, 6.07) is 14.8. The molecule has 3 N–H and O–H groups in total. The third-order valence-corrected chi connectivity index (χ3v) is 9.74. The summed E-state index contributed by atoms with van der Waals surface area (Å²) in [5.74, 6) is 1.29. The molecule has 3 fully saturated rings. The van der Waals surface area contributed by atoms with E-state index < -0.39 is 6.04 Å². The Morgan fingerprint density at radius 1 is 1.02 bits per heavy atom. The van der Waals surface area contributed by atoms with Crippen molar-refractivity contribution in [2.75, 3.05) is 25.1 Å². The van der Waals surface area contributed by atoms with Crippen LogP contribution in [-0.2, 0) is 0 Å². The van der Waals surface area contributed by atoms with Gasteiger partial charge in [-0.05, 0) is 107 Å². The van der Waals surface area contributed by atoms with E-state index in [4.69, 9.17) is 4.74 Å². The molecule has 0 aliphatic carbocycles. The number of ether oxygens (including phenoxy) is 1. The van der Waals surface area contributed by atoms with Gasteiger partial charge in [0.15, 0.2) is 0 Å². The zero-order chi connectivity index (χ0) is 30.8. The molecule has 8 nitrogen and oxygen atoms in total. The number of rotatable bonds is 8. The lowest BCUT2D eigenvalue weighted by atomic mass is 9.89. The second-order valence-electron chi connectivity index (χ2n) is 12.5. The van der Waals surface area contributed by atoms with Crippen LogP contribution in [0.15, 0.2) is 54.7 Å². The summed E-state index contributed by atoms with van der Waals surface area (Å²) in [5.41, 5.74) is 3.43. The third-order valence-electron chi connectivity index (χ3n) is 9.74. The Morgan fingerprint density at radius 2 is 1.77 bits per heavy atom. The van der Waals surface area contributed by atoms with Gasteiger partial charge in [-0.1, -0.05) is 18.2 Å². The Labute approximate surface area is 258 Å². The number of methoxy groups -OCH3 is 1. The first-order valence-corrected chi connectivity index (χ1v) is 15.8. The van der Waals surface area contributed by atoms with Crippen LogP contribution in [0, 0.1) is 12.7 Å². The molecule has 1 aromatic heterocycles. The maximum atomic E-state index is 15.1. The van der Waals surface area contributed by atoms with Gasteiger partial charge in [0.1, 0.15) is 17.4 Å². The van der Waals surface area contributed by atoms with Crippen LogP contribution in [0.2, 0.25) is 0 Å². The molecule has 4 atom stereocenters. The van der Waals surface area contributed by atoms with Crippen molar-refractivity contribution in [1.29, 1.82) is 0 Å². The first-order valence-electron chi connectivity index (χ1n) is 15.8. The van der Waals surface area contributed by atoms with Crippen molar-refractivity contribution in [3.63, 3.8) is 0 Å². The number of anilines is 1. The second-order valence-corrected chi connectivity index (χ2v) is 12.5. The van der Waals surface area contributed by atoms with Gasteiger partial charge in [0.2, 0.25) is 0 Å². The smallest absolute Gasteiger partial charge is 0.253 e. The molecule has 3 aromatic rings. The summed E-state index contributed by atoms with van der Waals surface area (Å²) in [7, 11) is 1.61. The van der Waals surface area contributed by atoms with Crippen molar-refractivity contribution in [2.24, 2.45) is 0 Å². The van der Waals surface area contributed by atoms with Crippen molar-refractivity contribution in [3.05, 3.63) is 88.4 Å². The Balaban J connectivity index is 1.06. The van der Waals surface area contributed by atoms with E-state index in [1.54, 1.807) is 38.4 Å². The van der Waals surface area contributed by atoms with Crippen molar-refractivity contribution >= 4 is 17.6 Å². The monoisotopic (exact) mass is 599 g/mol. The number of amides is 2. The van der Waals surface area contributed by atoms with Crippen LogP contribution in [0.3, 0.4) is 0 Å². The van der Waals surface area contributed by atoms with Crippen LogP contribution in [-0.4, -0.2) is 55.1 Å². The maximum absolute atomic E-state index is 15.1. The van der Waals surface area contributed by atoms with Gasteiger partial charge < -0.3 is 25.6 Å². The van der Waals surface area contributed by atoms with E-state index >= 15 is 4.39 Å². The van der Waals surface area contributed by atoms with E-state index in [0.717, 1.165) is 68.6 Å². The van der Waals surface area contributed by atoms with Crippen molar-refractivity contribution in [3.8, 4) is 5.75 Å². The van der Waals surface area contributed by atoms with E-state index in [1.807, 2.05) is 37.3 Å². The molecule has 2 bridgehead atoms. The first kappa shape index (κ1) is 30.1. The number of carbonyl (C=O) groups excluding carboxylic acids is 2. The lowest BCUT2D eigenvalue weighted by molar-refractivity contribution is 0.0922. The van der Waals surface area contributed by atoms with Gasteiger partial charge in [-0.3, -0.25) is 9.59 Å². The number of hydrogen-bond donors (Lipinski definition) is 3. The third kappa shape index (κ3) is 6.15. The minimum Gasteiger partial charge on any atom is -0.496 e. The first-order chi connectivity index (χ1) is 21.3. The van der Waals surface area contributed by atoms with Crippen LogP contribution >= 0.6 is 0 Å². The molecule has 1 unspecified atom stereocenters. The number of nitrogens with zero attached hydrogens (tertiary/aromatic N) is 2. The molecule has 44 heavy (non-hydrogen) atoms. The minimum absolute atomic E-state index is 0.0698. The topological polar surface area (TPSA) is 95.6 Å². The fourth-order valence-electron chi connectivity index (χ4n) is 7.35. The van der Waals surface area contributed by atoms with Crippen LogP contribution in [0.1, 0.15) is 94.8 Å². The van der Waals surface area contributed by atoms with E-state index in [-0.39, 0.29) is 35.8 Å². The molecule has 2 amide bonds. The number of halogens is 1. The maximum Gasteiger partial charge on any atom is 0.253 e. The number of fused-ring (bicyclic) bond motifs is 2. The molecule has 6 rings (SSSR count). The molecular weight excluding hydrogens is 557 g/mol. The predicted octanol–water partition coefficient (Wildman–Crippen LogP) is 5.43. The highest BCUT2D eigenvalue weighted by Gasteiger charge is 2.42. The van der Waals surface area contributed by atoms with E-state index in [0.29, 0.717) is 28.4 Å². The molecule has 3 aliphatic rings. The summed E-state index contributed by atoms with van der Waals surface area (Å²) in [6.07, 6.45) is 7.38. The summed E-state index contributed by atoms with van der Waals surface area (Å²) >= 11 is 0. The lowest BCUT2D eigenvalue weighted by Crippen LogP contribution is -2.50. The number of aromatic nitrogens is 1. The van der Waals surface area contributed by atoms with E-state index in [9.17, 15) is 9.59 Å². The molecule has 232 valence electrons. The molecule has 0 radical (unpaired) electrons. The zero-order valence-electron chi connectivity index (χ0n) is 25.7. The molecule has 0 saturated carbocycles. The van der Waals surface area contributed by atoms with Gasteiger partial charge in [0.25, 0.3) is 11.8 Å². The molecule has 3 aliphatic heterocycles. The Kier molecular flexibility index (Phi) is 8.84. The molecule has 0 spiro atoms. The normalized spacial score (nSPS) is 22.4. The summed E-state index contributed by atoms with van der Waals surface area (Å²) < 4.78 is 20.5. The van der Waals surface area contributed by atoms with Crippen LogP contribution in [0.5, 0.6) is 5.75 Å². The average molecular weight is 600 g/mol. The number of piperidine rings is 2. The predicted molar refractivity (Wildman–Crippen MR) is 169 cm³/mol. The Morgan fingerprint density at radius 3 is 2.43 bits per heavy atom. The number of pyridine rings is 1. The molecular formula is C35H42FN5O3. The number of nitrogens with one attached hydrogen (secondary N) is 3. The highest BCUT2D eigenvalue weighted by atomic mass is 19.1. The highest BCUT2D eigenvalue weighted by molar-refractivity contribution is 5.96.